The first-order valence-corrected chi connectivity index (χ1v) is 7.99. The van der Waals surface area contributed by atoms with Gasteiger partial charge in [0.25, 0.3) is 0 Å². The summed E-state index contributed by atoms with van der Waals surface area (Å²) in [5, 5.41) is 0.455. The molecule has 0 aromatic heterocycles. The zero-order valence-electron chi connectivity index (χ0n) is 11.2. The average molecular weight is 329 g/mol. The molecule has 0 saturated carbocycles. The van der Waals surface area contributed by atoms with Crippen molar-refractivity contribution >= 4 is 27.3 Å². The lowest BCUT2D eigenvalue weighted by atomic mass is 10.1. The number of nitrogens with two attached hydrogens (primary N) is 1. The molecule has 7 heteroatoms. The van der Waals surface area contributed by atoms with Crippen LogP contribution >= 0.6 is 11.6 Å². The standard InChI is InChI=1S/C14H14ClFN2O2S/c1-9(11-4-2-3-5-12(11)15)18-21(19,20)10-6-7-14(17)13(16)8-10/h2-9,18H,17H2,1H3. The highest BCUT2D eigenvalue weighted by atomic mass is 35.5. The van der Waals surface area contributed by atoms with Crippen molar-refractivity contribution in [2.75, 3.05) is 5.73 Å². The van der Waals surface area contributed by atoms with Gasteiger partial charge >= 0.3 is 0 Å². The Morgan fingerprint density at radius 1 is 1.24 bits per heavy atom. The van der Waals surface area contributed by atoms with E-state index < -0.39 is 21.9 Å². The van der Waals surface area contributed by atoms with Crippen LogP contribution < -0.4 is 10.5 Å². The van der Waals surface area contributed by atoms with Crippen LogP contribution in [0.2, 0.25) is 5.02 Å². The van der Waals surface area contributed by atoms with Crippen molar-refractivity contribution in [3.8, 4) is 0 Å². The molecule has 0 bridgehead atoms. The number of nitrogens with one attached hydrogen (secondary N) is 1. The monoisotopic (exact) mass is 328 g/mol. The van der Waals surface area contributed by atoms with Crippen LogP contribution in [0, 0.1) is 5.82 Å². The van der Waals surface area contributed by atoms with Crippen LogP contribution in [0.5, 0.6) is 0 Å². The Labute approximate surface area is 127 Å². The molecule has 0 aliphatic heterocycles. The molecule has 2 aromatic rings. The molecule has 0 radical (unpaired) electrons. The molecule has 21 heavy (non-hydrogen) atoms. The smallest absolute Gasteiger partial charge is 0.241 e. The molecule has 2 rings (SSSR count). The highest BCUT2D eigenvalue weighted by Gasteiger charge is 2.20. The third kappa shape index (κ3) is 3.53. The van der Waals surface area contributed by atoms with Crippen LogP contribution in [-0.2, 0) is 10.0 Å². The maximum Gasteiger partial charge on any atom is 0.241 e. The van der Waals surface area contributed by atoms with Gasteiger partial charge in [-0.1, -0.05) is 29.8 Å². The second kappa shape index (κ2) is 6.01. The van der Waals surface area contributed by atoms with Gasteiger partial charge in [-0.3, -0.25) is 0 Å². The fraction of sp³-hybridized carbons (Fsp3) is 0.143. The fourth-order valence-electron chi connectivity index (χ4n) is 1.87. The summed E-state index contributed by atoms with van der Waals surface area (Å²) in [5.41, 5.74) is 5.87. The summed E-state index contributed by atoms with van der Waals surface area (Å²) >= 11 is 6.03. The van der Waals surface area contributed by atoms with Crippen molar-refractivity contribution in [3.63, 3.8) is 0 Å². The van der Waals surface area contributed by atoms with Gasteiger partial charge in [-0.2, -0.15) is 0 Å². The summed E-state index contributed by atoms with van der Waals surface area (Å²) in [6.45, 7) is 1.66. The summed E-state index contributed by atoms with van der Waals surface area (Å²) in [5.74, 6) is -0.775. The molecule has 0 aliphatic rings. The zero-order chi connectivity index (χ0) is 15.6. The number of sulfonamides is 1. The van der Waals surface area contributed by atoms with Crippen molar-refractivity contribution in [2.24, 2.45) is 0 Å². The minimum absolute atomic E-state index is 0.104. The molecule has 112 valence electrons. The second-order valence-electron chi connectivity index (χ2n) is 4.55. The van der Waals surface area contributed by atoms with Gasteiger partial charge in [0.15, 0.2) is 0 Å². The van der Waals surface area contributed by atoms with E-state index in [4.69, 9.17) is 17.3 Å². The normalized spacial score (nSPS) is 13.1. The summed E-state index contributed by atoms with van der Waals surface area (Å²) in [6, 6.07) is 9.70. The summed E-state index contributed by atoms with van der Waals surface area (Å²) in [7, 11) is -3.87. The number of hydrogen-bond donors (Lipinski definition) is 2. The van der Waals surface area contributed by atoms with Crippen LogP contribution in [0.3, 0.4) is 0 Å². The highest BCUT2D eigenvalue weighted by molar-refractivity contribution is 7.89. The third-order valence-electron chi connectivity index (χ3n) is 2.99. The van der Waals surface area contributed by atoms with E-state index in [-0.39, 0.29) is 10.6 Å². The van der Waals surface area contributed by atoms with E-state index in [1.165, 1.54) is 12.1 Å². The van der Waals surface area contributed by atoms with E-state index in [0.29, 0.717) is 10.6 Å². The first-order valence-electron chi connectivity index (χ1n) is 6.13. The molecule has 1 unspecified atom stereocenters. The number of benzene rings is 2. The van der Waals surface area contributed by atoms with Gasteiger partial charge in [0.2, 0.25) is 10.0 Å². The minimum atomic E-state index is -3.87. The molecular weight excluding hydrogens is 315 g/mol. The van der Waals surface area contributed by atoms with E-state index in [1.807, 2.05) is 0 Å². The Hall–Kier alpha value is -1.63. The molecule has 0 saturated heterocycles. The molecule has 1 atom stereocenters. The number of rotatable bonds is 4. The van der Waals surface area contributed by atoms with Crippen LogP contribution in [-0.4, -0.2) is 8.42 Å². The van der Waals surface area contributed by atoms with E-state index >= 15 is 0 Å². The lowest BCUT2D eigenvalue weighted by molar-refractivity contribution is 0.564. The van der Waals surface area contributed by atoms with Gasteiger partial charge in [-0.25, -0.2) is 17.5 Å². The minimum Gasteiger partial charge on any atom is -0.396 e. The number of hydrogen-bond acceptors (Lipinski definition) is 3. The van der Waals surface area contributed by atoms with Crippen LogP contribution in [0.15, 0.2) is 47.4 Å². The topological polar surface area (TPSA) is 72.2 Å². The molecule has 0 spiro atoms. The Kier molecular flexibility index (Phi) is 4.51. The number of halogens is 2. The van der Waals surface area contributed by atoms with Gasteiger partial charge in [0.1, 0.15) is 5.82 Å². The van der Waals surface area contributed by atoms with Gasteiger partial charge in [0.05, 0.1) is 10.6 Å². The lowest BCUT2D eigenvalue weighted by Gasteiger charge is -2.16. The predicted molar refractivity (Wildman–Crippen MR) is 81.0 cm³/mol. The quantitative estimate of drug-likeness (QED) is 0.847. The van der Waals surface area contributed by atoms with Crippen molar-refractivity contribution < 1.29 is 12.8 Å². The maximum atomic E-state index is 13.4. The first-order chi connectivity index (χ1) is 9.81. The van der Waals surface area contributed by atoms with Crippen LogP contribution in [0.1, 0.15) is 18.5 Å². The van der Waals surface area contributed by atoms with Crippen molar-refractivity contribution in [1.29, 1.82) is 0 Å². The summed E-state index contributed by atoms with van der Waals surface area (Å²) < 4.78 is 40.3. The van der Waals surface area contributed by atoms with Gasteiger partial charge < -0.3 is 5.73 Å². The summed E-state index contributed by atoms with van der Waals surface area (Å²) in [4.78, 5) is -0.187. The van der Waals surface area contributed by atoms with Gasteiger partial charge in [-0.05, 0) is 36.8 Å². The van der Waals surface area contributed by atoms with Crippen molar-refractivity contribution in [3.05, 3.63) is 58.9 Å². The Morgan fingerprint density at radius 3 is 2.52 bits per heavy atom. The average Bonchev–Trinajstić information content (AvgIpc) is 2.41. The molecule has 0 amide bonds. The van der Waals surface area contributed by atoms with Crippen LogP contribution in [0.25, 0.3) is 0 Å². The first kappa shape index (κ1) is 15.8. The molecule has 0 heterocycles. The van der Waals surface area contributed by atoms with E-state index in [9.17, 15) is 12.8 Å². The number of anilines is 1. The molecule has 0 fully saturated rings. The largest absolute Gasteiger partial charge is 0.396 e. The van der Waals surface area contributed by atoms with Crippen molar-refractivity contribution in [2.45, 2.75) is 17.9 Å². The molecule has 4 nitrogen and oxygen atoms in total. The fourth-order valence-corrected chi connectivity index (χ4v) is 3.40. The van der Waals surface area contributed by atoms with E-state index in [1.54, 1.807) is 31.2 Å². The van der Waals surface area contributed by atoms with E-state index in [2.05, 4.69) is 4.72 Å². The van der Waals surface area contributed by atoms with E-state index in [0.717, 1.165) is 6.07 Å². The Balaban J connectivity index is 2.29. The third-order valence-corrected chi connectivity index (χ3v) is 4.87. The molecule has 3 N–H and O–H groups in total. The zero-order valence-corrected chi connectivity index (χ0v) is 12.7. The van der Waals surface area contributed by atoms with Gasteiger partial charge in [-0.15, -0.1) is 0 Å². The summed E-state index contributed by atoms with van der Waals surface area (Å²) in [6.07, 6.45) is 0. The molecular formula is C14H14ClFN2O2S. The maximum absolute atomic E-state index is 13.4. The Bertz CT molecular complexity index is 765. The SMILES string of the molecule is CC(NS(=O)(=O)c1ccc(N)c(F)c1)c1ccccc1Cl. The number of nitrogen functional groups attached to an aromatic ring is 1. The van der Waals surface area contributed by atoms with Crippen LogP contribution in [0.4, 0.5) is 10.1 Å². The predicted octanol–water partition coefficient (Wildman–Crippen LogP) is 3.10. The highest BCUT2D eigenvalue weighted by Crippen LogP contribution is 2.24. The second-order valence-corrected chi connectivity index (χ2v) is 6.67. The Morgan fingerprint density at radius 2 is 1.90 bits per heavy atom. The van der Waals surface area contributed by atoms with Crippen molar-refractivity contribution in [1.82, 2.24) is 4.72 Å². The lowest BCUT2D eigenvalue weighted by Crippen LogP contribution is -2.27. The molecule has 2 aromatic carbocycles. The van der Waals surface area contributed by atoms with Gasteiger partial charge in [0, 0.05) is 11.1 Å². The molecule has 0 aliphatic carbocycles.